The molecule has 1 heterocycles. The summed E-state index contributed by atoms with van der Waals surface area (Å²) in [6.45, 7) is 2.56. The second-order valence-electron chi connectivity index (χ2n) is 4.22. The molecule has 0 saturated carbocycles. The first-order valence-electron chi connectivity index (χ1n) is 5.46. The second-order valence-corrected chi connectivity index (χ2v) is 4.22. The van der Waals surface area contributed by atoms with E-state index >= 15 is 0 Å². The number of nitrogens with two attached hydrogens (primary N) is 1. The maximum atomic E-state index is 9.40. The van der Waals surface area contributed by atoms with Crippen LogP contribution in [0.3, 0.4) is 0 Å². The number of hydrogen-bond donors (Lipinski definition) is 2. The highest BCUT2D eigenvalue weighted by molar-refractivity contribution is 5.18. The van der Waals surface area contributed by atoms with E-state index in [2.05, 4.69) is 17.0 Å². The Morgan fingerprint density at radius 3 is 2.73 bits per heavy atom. The van der Waals surface area contributed by atoms with Crippen LogP contribution in [0.25, 0.3) is 0 Å². The van der Waals surface area contributed by atoms with Gasteiger partial charge < -0.3 is 10.8 Å². The van der Waals surface area contributed by atoms with E-state index in [1.54, 1.807) is 0 Å². The Morgan fingerprint density at radius 1 is 1.40 bits per heavy atom. The van der Waals surface area contributed by atoms with E-state index in [0.717, 1.165) is 26.1 Å². The van der Waals surface area contributed by atoms with Crippen LogP contribution in [0.1, 0.15) is 18.0 Å². The summed E-state index contributed by atoms with van der Waals surface area (Å²) < 4.78 is 0. The van der Waals surface area contributed by atoms with Crippen molar-refractivity contribution in [1.29, 1.82) is 0 Å². The molecular weight excluding hydrogens is 188 g/mol. The molecule has 0 bridgehead atoms. The van der Waals surface area contributed by atoms with Crippen molar-refractivity contribution in [3.8, 4) is 0 Å². The summed E-state index contributed by atoms with van der Waals surface area (Å²) in [5.41, 5.74) is 7.26. The van der Waals surface area contributed by atoms with Crippen molar-refractivity contribution < 1.29 is 5.11 Å². The van der Waals surface area contributed by atoms with Crippen LogP contribution < -0.4 is 5.73 Å². The maximum Gasteiger partial charge on any atom is 0.0679 e. The van der Waals surface area contributed by atoms with Crippen molar-refractivity contribution in [1.82, 2.24) is 4.90 Å². The molecule has 3 heteroatoms. The molecule has 2 rings (SSSR count). The van der Waals surface area contributed by atoms with Crippen molar-refractivity contribution in [3.63, 3.8) is 0 Å². The zero-order valence-corrected chi connectivity index (χ0v) is 8.84. The van der Waals surface area contributed by atoms with Gasteiger partial charge in [0.1, 0.15) is 0 Å². The van der Waals surface area contributed by atoms with Crippen molar-refractivity contribution in [2.75, 3.05) is 19.6 Å². The van der Waals surface area contributed by atoms with Crippen LogP contribution >= 0.6 is 0 Å². The number of nitrogens with zero attached hydrogens (tertiary/aromatic N) is 1. The van der Waals surface area contributed by atoms with Crippen LogP contribution in [-0.2, 0) is 0 Å². The van der Waals surface area contributed by atoms with E-state index in [0.29, 0.717) is 0 Å². The maximum absolute atomic E-state index is 9.40. The number of aliphatic hydroxyl groups excluding tert-OH is 1. The summed E-state index contributed by atoms with van der Waals surface area (Å²) in [5, 5.41) is 9.40. The molecule has 3 nitrogen and oxygen atoms in total. The predicted octanol–water partition coefficient (Wildman–Crippen LogP) is 0.753. The lowest BCUT2D eigenvalue weighted by Crippen LogP contribution is -2.31. The highest BCUT2D eigenvalue weighted by atomic mass is 16.3. The average molecular weight is 206 g/mol. The smallest absolute Gasteiger partial charge is 0.0679 e. The molecule has 1 fully saturated rings. The zero-order valence-electron chi connectivity index (χ0n) is 8.84. The van der Waals surface area contributed by atoms with Crippen molar-refractivity contribution >= 4 is 0 Å². The second kappa shape index (κ2) is 4.75. The van der Waals surface area contributed by atoms with Gasteiger partial charge in [0.25, 0.3) is 0 Å². The van der Waals surface area contributed by atoms with Gasteiger partial charge >= 0.3 is 0 Å². The van der Waals surface area contributed by atoms with Crippen LogP contribution in [0.4, 0.5) is 0 Å². The minimum Gasteiger partial charge on any atom is -0.392 e. The monoisotopic (exact) mass is 206 g/mol. The molecule has 0 spiro atoms. The molecule has 0 amide bonds. The molecule has 1 aromatic carbocycles. The third kappa shape index (κ3) is 2.78. The van der Waals surface area contributed by atoms with Crippen LogP contribution in [0.5, 0.6) is 0 Å². The molecule has 15 heavy (non-hydrogen) atoms. The lowest BCUT2D eigenvalue weighted by molar-refractivity contribution is 0.174. The third-order valence-corrected chi connectivity index (χ3v) is 2.93. The molecule has 0 unspecified atom stereocenters. The van der Waals surface area contributed by atoms with Crippen LogP contribution in [-0.4, -0.2) is 35.7 Å². The SMILES string of the molecule is N[C@H](CN1CC[C@@H](O)C1)c1ccccc1. The molecular formula is C12H18N2O. The largest absolute Gasteiger partial charge is 0.392 e. The number of benzene rings is 1. The summed E-state index contributed by atoms with van der Waals surface area (Å²) in [5.74, 6) is 0. The molecule has 2 atom stereocenters. The van der Waals surface area contributed by atoms with Crippen LogP contribution in [0, 0.1) is 0 Å². The van der Waals surface area contributed by atoms with Gasteiger partial charge in [-0.3, -0.25) is 4.90 Å². The number of likely N-dealkylation sites (tertiary alicyclic amines) is 1. The molecule has 0 aromatic heterocycles. The molecule has 1 aliphatic heterocycles. The Hall–Kier alpha value is -0.900. The first-order valence-corrected chi connectivity index (χ1v) is 5.46. The van der Waals surface area contributed by atoms with Gasteiger partial charge in [0.05, 0.1) is 6.10 Å². The molecule has 1 aromatic rings. The molecule has 3 N–H and O–H groups in total. The lowest BCUT2D eigenvalue weighted by atomic mass is 10.1. The minimum atomic E-state index is -0.159. The van der Waals surface area contributed by atoms with E-state index in [1.807, 2.05) is 18.2 Å². The molecule has 82 valence electrons. The van der Waals surface area contributed by atoms with Gasteiger partial charge in [-0.1, -0.05) is 30.3 Å². The van der Waals surface area contributed by atoms with E-state index in [-0.39, 0.29) is 12.1 Å². The van der Waals surface area contributed by atoms with Gasteiger partial charge in [-0.2, -0.15) is 0 Å². The fourth-order valence-corrected chi connectivity index (χ4v) is 2.06. The summed E-state index contributed by atoms with van der Waals surface area (Å²) in [6, 6.07) is 10.2. The predicted molar refractivity (Wildman–Crippen MR) is 60.4 cm³/mol. The number of rotatable bonds is 3. The summed E-state index contributed by atoms with van der Waals surface area (Å²) in [4.78, 5) is 2.22. The first kappa shape index (κ1) is 10.6. The van der Waals surface area contributed by atoms with Gasteiger partial charge in [-0.05, 0) is 12.0 Å². The lowest BCUT2D eigenvalue weighted by Gasteiger charge is -2.20. The third-order valence-electron chi connectivity index (χ3n) is 2.93. The Kier molecular flexibility index (Phi) is 3.36. The van der Waals surface area contributed by atoms with E-state index < -0.39 is 0 Å². The fraction of sp³-hybridized carbons (Fsp3) is 0.500. The van der Waals surface area contributed by atoms with Crippen molar-refractivity contribution in [2.24, 2.45) is 5.73 Å². The van der Waals surface area contributed by atoms with Gasteiger partial charge in [-0.15, -0.1) is 0 Å². The van der Waals surface area contributed by atoms with Crippen molar-refractivity contribution in [3.05, 3.63) is 35.9 Å². The minimum absolute atomic E-state index is 0.0523. The highest BCUT2D eigenvalue weighted by Gasteiger charge is 2.21. The Balaban J connectivity index is 1.90. The normalized spacial score (nSPS) is 24.3. The standard InChI is InChI=1S/C12H18N2O/c13-12(10-4-2-1-3-5-10)9-14-7-6-11(15)8-14/h1-5,11-12,15H,6-9,13H2/t11-,12-/m1/s1. The van der Waals surface area contributed by atoms with E-state index in [9.17, 15) is 5.11 Å². The zero-order chi connectivity index (χ0) is 10.7. The quantitative estimate of drug-likeness (QED) is 0.767. The Bertz CT molecular complexity index is 302. The van der Waals surface area contributed by atoms with E-state index in [4.69, 9.17) is 5.73 Å². The molecule has 0 radical (unpaired) electrons. The number of aliphatic hydroxyl groups is 1. The average Bonchev–Trinajstić information content (AvgIpc) is 2.65. The van der Waals surface area contributed by atoms with Crippen LogP contribution in [0.2, 0.25) is 0 Å². The Labute approximate surface area is 90.5 Å². The van der Waals surface area contributed by atoms with Crippen LogP contribution in [0.15, 0.2) is 30.3 Å². The van der Waals surface area contributed by atoms with Crippen molar-refractivity contribution in [2.45, 2.75) is 18.6 Å². The summed E-state index contributed by atoms with van der Waals surface area (Å²) in [7, 11) is 0. The van der Waals surface area contributed by atoms with E-state index in [1.165, 1.54) is 5.56 Å². The van der Waals surface area contributed by atoms with Gasteiger partial charge in [0, 0.05) is 25.7 Å². The molecule has 1 saturated heterocycles. The highest BCUT2D eigenvalue weighted by Crippen LogP contribution is 2.15. The number of β-amino-alcohol motifs (C(OH)–C–C–N with tert-alkyl or cyclic N) is 1. The first-order chi connectivity index (χ1) is 7.25. The topological polar surface area (TPSA) is 49.5 Å². The summed E-state index contributed by atoms with van der Waals surface area (Å²) in [6.07, 6.45) is 0.717. The molecule has 1 aliphatic rings. The van der Waals surface area contributed by atoms with Gasteiger partial charge in [-0.25, -0.2) is 0 Å². The fourth-order valence-electron chi connectivity index (χ4n) is 2.06. The summed E-state index contributed by atoms with van der Waals surface area (Å²) >= 11 is 0. The van der Waals surface area contributed by atoms with Gasteiger partial charge in [0.2, 0.25) is 0 Å². The molecule has 0 aliphatic carbocycles. The van der Waals surface area contributed by atoms with Gasteiger partial charge in [0.15, 0.2) is 0 Å². The number of hydrogen-bond acceptors (Lipinski definition) is 3. The Morgan fingerprint density at radius 2 is 2.13 bits per heavy atom.